The summed E-state index contributed by atoms with van der Waals surface area (Å²) >= 11 is 6.07. The lowest BCUT2D eigenvalue weighted by Crippen LogP contribution is -1.97. The van der Waals surface area contributed by atoms with Crippen molar-refractivity contribution in [3.63, 3.8) is 0 Å². The maximum atomic E-state index is 8.72. The van der Waals surface area contributed by atoms with Gasteiger partial charge in [-0.3, -0.25) is 0 Å². The summed E-state index contributed by atoms with van der Waals surface area (Å²) in [5.41, 5.74) is 8.92. The molecule has 0 spiro atoms. The van der Waals surface area contributed by atoms with Crippen molar-refractivity contribution in [2.75, 3.05) is 11.1 Å². The number of nitrogens with two attached hydrogens (primary N) is 1. The summed E-state index contributed by atoms with van der Waals surface area (Å²) in [7, 11) is 0. The Balaban J connectivity index is 2.28. The SMILES string of the molecule is N#CCc1cc(Nc2ccccc2Cl)ccc1N. The minimum Gasteiger partial charge on any atom is -0.398 e. The van der Waals surface area contributed by atoms with Crippen LogP contribution in [0, 0.1) is 11.3 Å². The van der Waals surface area contributed by atoms with Gasteiger partial charge in [0.2, 0.25) is 0 Å². The maximum absolute atomic E-state index is 8.72. The topological polar surface area (TPSA) is 61.8 Å². The van der Waals surface area contributed by atoms with E-state index in [0.717, 1.165) is 16.9 Å². The third-order valence-electron chi connectivity index (χ3n) is 2.57. The Kier molecular flexibility index (Phi) is 3.71. The zero-order valence-corrected chi connectivity index (χ0v) is 10.4. The second-order valence-corrected chi connectivity index (χ2v) is 4.26. The molecule has 2 aromatic carbocycles. The van der Waals surface area contributed by atoms with E-state index in [1.807, 2.05) is 36.4 Å². The summed E-state index contributed by atoms with van der Waals surface area (Å²) in [4.78, 5) is 0. The predicted molar refractivity (Wildman–Crippen MR) is 74.9 cm³/mol. The number of hydrogen-bond acceptors (Lipinski definition) is 3. The van der Waals surface area contributed by atoms with Gasteiger partial charge in [0.25, 0.3) is 0 Å². The Morgan fingerprint density at radius 1 is 1.22 bits per heavy atom. The molecule has 0 aliphatic rings. The van der Waals surface area contributed by atoms with Crippen molar-refractivity contribution >= 4 is 28.7 Å². The Bertz CT molecular complexity index is 602. The Hall–Kier alpha value is -2.18. The quantitative estimate of drug-likeness (QED) is 0.824. The minimum atomic E-state index is 0.296. The molecule has 0 atom stereocenters. The number of hydrogen-bond donors (Lipinski definition) is 2. The summed E-state index contributed by atoms with van der Waals surface area (Å²) in [6, 6.07) is 15.1. The van der Waals surface area contributed by atoms with E-state index in [0.29, 0.717) is 17.1 Å². The summed E-state index contributed by atoms with van der Waals surface area (Å²) in [5.74, 6) is 0. The van der Waals surface area contributed by atoms with E-state index in [1.165, 1.54) is 0 Å². The first-order valence-corrected chi connectivity index (χ1v) is 5.85. The third-order valence-corrected chi connectivity index (χ3v) is 2.89. The number of rotatable bonds is 3. The largest absolute Gasteiger partial charge is 0.398 e. The number of nitrogens with one attached hydrogen (secondary N) is 1. The van der Waals surface area contributed by atoms with Crippen LogP contribution in [-0.4, -0.2) is 0 Å². The van der Waals surface area contributed by atoms with Crippen molar-refractivity contribution in [3.8, 4) is 6.07 Å². The van der Waals surface area contributed by atoms with Crippen molar-refractivity contribution in [2.24, 2.45) is 0 Å². The van der Waals surface area contributed by atoms with Crippen LogP contribution in [-0.2, 0) is 6.42 Å². The summed E-state index contributed by atoms with van der Waals surface area (Å²) in [6.07, 6.45) is 0.296. The third kappa shape index (κ3) is 2.73. The van der Waals surface area contributed by atoms with E-state index in [4.69, 9.17) is 22.6 Å². The van der Waals surface area contributed by atoms with Gasteiger partial charge in [0, 0.05) is 11.4 Å². The Morgan fingerprint density at radius 3 is 2.72 bits per heavy atom. The van der Waals surface area contributed by atoms with Crippen molar-refractivity contribution in [3.05, 3.63) is 53.1 Å². The van der Waals surface area contributed by atoms with Crippen LogP contribution in [0.15, 0.2) is 42.5 Å². The molecule has 0 aliphatic carbocycles. The first-order valence-electron chi connectivity index (χ1n) is 5.47. The van der Waals surface area contributed by atoms with Crippen LogP contribution in [0.2, 0.25) is 5.02 Å². The van der Waals surface area contributed by atoms with E-state index >= 15 is 0 Å². The van der Waals surface area contributed by atoms with Gasteiger partial charge in [-0.15, -0.1) is 0 Å². The minimum absolute atomic E-state index is 0.296. The fraction of sp³-hybridized carbons (Fsp3) is 0.0714. The molecule has 3 N–H and O–H groups in total. The average molecular weight is 258 g/mol. The van der Waals surface area contributed by atoms with E-state index in [1.54, 1.807) is 6.07 Å². The molecule has 0 aliphatic heterocycles. The van der Waals surface area contributed by atoms with Crippen molar-refractivity contribution in [1.29, 1.82) is 5.26 Å². The molecule has 2 rings (SSSR count). The molecule has 90 valence electrons. The number of para-hydroxylation sites is 1. The highest BCUT2D eigenvalue weighted by Crippen LogP contribution is 2.26. The van der Waals surface area contributed by atoms with Crippen LogP contribution in [0.25, 0.3) is 0 Å². The molecule has 0 aromatic heterocycles. The molecule has 2 aromatic rings. The monoisotopic (exact) mass is 257 g/mol. The van der Waals surface area contributed by atoms with Crippen molar-refractivity contribution in [1.82, 2.24) is 0 Å². The van der Waals surface area contributed by atoms with Gasteiger partial charge in [-0.1, -0.05) is 23.7 Å². The molecular formula is C14H12ClN3. The lowest BCUT2D eigenvalue weighted by atomic mass is 10.1. The molecule has 3 nitrogen and oxygen atoms in total. The van der Waals surface area contributed by atoms with E-state index < -0.39 is 0 Å². The molecule has 18 heavy (non-hydrogen) atoms. The maximum Gasteiger partial charge on any atom is 0.0670 e. The van der Waals surface area contributed by atoms with Gasteiger partial charge < -0.3 is 11.1 Å². The van der Waals surface area contributed by atoms with E-state index in [9.17, 15) is 0 Å². The summed E-state index contributed by atoms with van der Waals surface area (Å²) in [5, 5.41) is 12.6. The fourth-order valence-electron chi connectivity index (χ4n) is 1.64. The molecule has 0 heterocycles. The van der Waals surface area contributed by atoms with Crippen LogP contribution in [0.1, 0.15) is 5.56 Å². The van der Waals surface area contributed by atoms with Gasteiger partial charge in [0.1, 0.15) is 0 Å². The molecule has 0 fully saturated rings. The fourth-order valence-corrected chi connectivity index (χ4v) is 1.82. The van der Waals surface area contributed by atoms with Crippen LogP contribution < -0.4 is 11.1 Å². The highest BCUT2D eigenvalue weighted by molar-refractivity contribution is 6.33. The normalized spacial score (nSPS) is 9.78. The smallest absolute Gasteiger partial charge is 0.0670 e. The van der Waals surface area contributed by atoms with Gasteiger partial charge >= 0.3 is 0 Å². The van der Waals surface area contributed by atoms with E-state index in [-0.39, 0.29) is 0 Å². The van der Waals surface area contributed by atoms with Crippen LogP contribution in [0.4, 0.5) is 17.1 Å². The lowest BCUT2D eigenvalue weighted by molar-refractivity contribution is 1.27. The van der Waals surface area contributed by atoms with Crippen LogP contribution >= 0.6 is 11.6 Å². The zero-order chi connectivity index (χ0) is 13.0. The number of nitrogen functional groups attached to an aromatic ring is 1. The predicted octanol–water partition coefficient (Wildman–Crippen LogP) is 3.73. The number of nitriles is 1. The number of nitrogens with zero attached hydrogens (tertiary/aromatic N) is 1. The van der Waals surface area contributed by atoms with Crippen LogP contribution in [0.3, 0.4) is 0 Å². The molecule has 4 heteroatoms. The van der Waals surface area contributed by atoms with Gasteiger partial charge in [-0.2, -0.15) is 5.26 Å². The second-order valence-electron chi connectivity index (χ2n) is 3.85. The Labute approximate surface area is 111 Å². The molecule has 0 unspecified atom stereocenters. The standard InChI is InChI=1S/C14H12ClN3/c15-12-3-1-2-4-14(12)18-11-5-6-13(17)10(9-11)7-8-16/h1-6,9,18H,7,17H2. The number of halogens is 1. The summed E-state index contributed by atoms with van der Waals surface area (Å²) < 4.78 is 0. The van der Waals surface area contributed by atoms with Crippen molar-refractivity contribution < 1.29 is 0 Å². The average Bonchev–Trinajstić information content (AvgIpc) is 2.36. The van der Waals surface area contributed by atoms with Crippen molar-refractivity contribution in [2.45, 2.75) is 6.42 Å². The number of benzene rings is 2. The zero-order valence-electron chi connectivity index (χ0n) is 9.65. The molecule has 0 saturated carbocycles. The second kappa shape index (κ2) is 5.44. The molecule has 0 bridgehead atoms. The molecule has 0 saturated heterocycles. The first kappa shape index (κ1) is 12.3. The highest BCUT2D eigenvalue weighted by Gasteiger charge is 2.03. The van der Waals surface area contributed by atoms with Gasteiger partial charge in [0.05, 0.1) is 23.2 Å². The Morgan fingerprint density at radius 2 is 2.00 bits per heavy atom. The molecule has 0 radical (unpaired) electrons. The van der Waals surface area contributed by atoms with Gasteiger partial charge in [-0.25, -0.2) is 0 Å². The van der Waals surface area contributed by atoms with Crippen LogP contribution in [0.5, 0.6) is 0 Å². The summed E-state index contributed by atoms with van der Waals surface area (Å²) in [6.45, 7) is 0. The van der Waals surface area contributed by atoms with Gasteiger partial charge in [0.15, 0.2) is 0 Å². The lowest BCUT2D eigenvalue weighted by Gasteiger charge is -2.10. The highest BCUT2D eigenvalue weighted by atomic mass is 35.5. The van der Waals surface area contributed by atoms with Gasteiger partial charge in [-0.05, 0) is 35.9 Å². The van der Waals surface area contributed by atoms with E-state index in [2.05, 4.69) is 11.4 Å². The number of anilines is 3. The molecular weight excluding hydrogens is 246 g/mol. The first-order chi connectivity index (χ1) is 8.70. The molecule has 0 amide bonds.